The summed E-state index contributed by atoms with van der Waals surface area (Å²) in [6.45, 7) is 8.22. The van der Waals surface area contributed by atoms with Crippen molar-refractivity contribution in [2.75, 3.05) is 17.7 Å². The summed E-state index contributed by atoms with van der Waals surface area (Å²) in [4.78, 5) is 23.8. The van der Waals surface area contributed by atoms with Crippen LogP contribution in [0, 0.1) is 12.8 Å². The van der Waals surface area contributed by atoms with Gasteiger partial charge in [-0.1, -0.05) is 25.4 Å². The lowest BCUT2D eigenvalue weighted by atomic mass is 10.1. The van der Waals surface area contributed by atoms with E-state index in [4.69, 9.17) is 16.3 Å². The molecular weight excluding hydrogens is 334 g/mol. The Balaban J connectivity index is 2.36. The first-order valence-corrected chi connectivity index (χ1v) is 9.06. The summed E-state index contributed by atoms with van der Waals surface area (Å²) >= 11 is 7.15. The Hall–Kier alpha value is -1.20. The first-order valence-electron chi connectivity index (χ1n) is 7.63. The zero-order valence-corrected chi connectivity index (χ0v) is 15.6. The van der Waals surface area contributed by atoms with E-state index in [1.807, 2.05) is 6.92 Å². The Morgan fingerprint density at radius 1 is 1.30 bits per heavy atom. The van der Waals surface area contributed by atoms with E-state index in [1.54, 1.807) is 25.1 Å². The van der Waals surface area contributed by atoms with Gasteiger partial charge in [-0.3, -0.25) is 9.59 Å². The van der Waals surface area contributed by atoms with Gasteiger partial charge in [0.15, 0.2) is 0 Å². The number of benzene rings is 1. The maximum Gasteiger partial charge on any atom is 0.318 e. The van der Waals surface area contributed by atoms with Crippen molar-refractivity contribution in [1.82, 2.24) is 0 Å². The fraction of sp³-hybridized carbons (Fsp3) is 0.529. The second kappa shape index (κ2) is 9.83. The summed E-state index contributed by atoms with van der Waals surface area (Å²) in [5, 5.41) is 3.09. The van der Waals surface area contributed by atoms with Crippen LogP contribution in [0.5, 0.6) is 0 Å². The molecule has 0 fully saturated rings. The number of carbonyl (C=O) groups excluding carboxylic acids is 2. The van der Waals surface area contributed by atoms with Crippen molar-refractivity contribution in [2.24, 2.45) is 5.92 Å². The highest BCUT2D eigenvalue weighted by Gasteiger charge is 2.17. The van der Waals surface area contributed by atoms with E-state index < -0.39 is 0 Å². The minimum Gasteiger partial charge on any atom is -0.465 e. The number of aryl methyl sites for hydroxylation is 1. The third-order valence-corrected chi connectivity index (χ3v) is 4.55. The largest absolute Gasteiger partial charge is 0.465 e. The van der Waals surface area contributed by atoms with Gasteiger partial charge in [-0.25, -0.2) is 0 Å². The molecule has 6 heteroatoms. The number of hydrogen-bond acceptors (Lipinski definition) is 4. The van der Waals surface area contributed by atoms with E-state index >= 15 is 0 Å². The average molecular weight is 358 g/mol. The Morgan fingerprint density at radius 2 is 2.00 bits per heavy atom. The second-order valence-corrected chi connectivity index (χ2v) is 7.58. The van der Waals surface area contributed by atoms with Gasteiger partial charge >= 0.3 is 5.97 Å². The maximum atomic E-state index is 12.0. The molecule has 1 N–H and O–H groups in total. The normalized spacial score (nSPS) is 12.1. The summed E-state index contributed by atoms with van der Waals surface area (Å²) in [6, 6.07) is 5.29. The van der Waals surface area contributed by atoms with Gasteiger partial charge < -0.3 is 10.1 Å². The van der Waals surface area contributed by atoms with Crippen molar-refractivity contribution in [3.05, 3.63) is 28.8 Å². The highest BCUT2D eigenvalue weighted by molar-refractivity contribution is 8.01. The van der Waals surface area contributed by atoms with E-state index in [9.17, 15) is 9.59 Å². The summed E-state index contributed by atoms with van der Waals surface area (Å²) < 4.78 is 5.19. The van der Waals surface area contributed by atoms with Crippen LogP contribution in [-0.4, -0.2) is 29.5 Å². The van der Waals surface area contributed by atoms with Crippen LogP contribution in [0.4, 0.5) is 5.69 Å². The standard InChI is InChI=1S/C17H24ClNO3S/c1-11(2)7-8-22-17(21)13(4)23-10-16(20)19-15-6-5-14(18)9-12(15)3/h5-6,9,11,13H,7-8,10H2,1-4H3,(H,19,20). The quantitative estimate of drug-likeness (QED) is 0.705. The predicted octanol–water partition coefficient (Wildman–Crippen LogP) is 4.30. The highest BCUT2D eigenvalue weighted by atomic mass is 35.5. The Labute approximate surface area is 147 Å². The number of rotatable bonds is 8. The van der Waals surface area contributed by atoms with Crippen LogP contribution in [0.3, 0.4) is 0 Å². The minimum absolute atomic E-state index is 0.151. The summed E-state index contributed by atoms with van der Waals surface area (Å²) in [7, 11) is 0. The lowest BCUT2D eigenvalue weighted by molar-refractivity contribution is -0.142. The zero-order chi connectivity index (χ0) is 17.4. The van der Waals surface area contributed by atoms with Crippen molar-refractivity contribution < 1.29 is 14.3 Å². The van der Waals surface area contributed by atoms with Gasteiger partial charge in [0.1, 0.15) is 5.25 Å². The van der Waals surface area contributed by atoms with Crippen LogP contribution in [0.2, 0.25) is 5.02 Å². The smallest absolute Gasteiger partial charge is 0.318 e. The van der Waals surface area contributed by atoms with E-state index in [0.29, 0.717) is 17.5 Å². The lowest BCUT2D eigenvalue weighted by Crippen LogP contribution is -2.22. The number of amides is 1. The number of carbonyl (C=O) groups is 2. The number of esters is 1. The molecule has 0 aromatic heterocycles. The van der Waals surface area contributed by atoms with E-state index in [-0.39, 0.29) is 22.9 Å². The van der Waals surface area contributed by atoms with Crippen LogP contribution in [-0.2, 0) is 14.3 Å². The third kappa shape index (κ3) is 7.75. The fourth-order valence-electron chi connectivity index (χ4n) is 1.73. The second-order valence-electron chi connectivity index (χ2n) is 5.81. The molecular formula is C17H24ClNO3S. The van der Waals surface area contributed by atoms with Crippen LogP contribution in [0.1, 0.15) is 32.8 Å². The molecule has 1 amide bonds. The Bertz CT molecular complexity index is 549. The number of halogens is 1. The molecule has 1 atom stereocenters. The molecule has 4 nitrogen and oxygen atoms in total. The summed E-state index contributed by atoms with van der Waals surface area (Å²) in [5.41, 5.74) is 1.63. The van der Waals surface area contributed by atoms with Crippen LogP contribution < -0.4 is 5.32 Å². The molecule has 1 aromatic rings. The molecule has 0 saturated carbocycles. The van der Waals surface area contributed by atoms with Gasteiger partial charge in [0.25, 0.3) is 0 Å². The van der Waals surface area contributed by atoms with Crippen molar-refractivity contribution in [2.45, 2.75) is 39.4 Å². The van der Waals surface area contributed by atoms with E-state index in [0.717, 1.165) is 17.7 Å². The molecule has 1 aromatic carbocycles. The van der Waals surface area contributed by atoms with Gasteiger partial charge in [0.2, 0.25) is 5.91 Å². The van der Waals surface area contributed by atoms with Gasteiger partial charge in [0, 0.05) is 10.7 Å². The van der Waals surface area contributed by atoms with Crippen molar-refractivity contribution in [3.8, 4) is 0 Å². The number of ether oxygens (including phenoxy) is 1. The molecule has 0 spiro atoms. The van der Waals surface area contributed by atoms with Crippen molar-refractivity contribution in [1.29, 1.82) is 0 Å². The topological polar surface area (TPSA) is 55.4 Å². The van der Waals surface area contributed by atoms with Crippen LogP contribution in [0.25, 0.3) is 0 Å². The van der Waals surface area contributed by atoms with Crippen molar-refractivity contribution in [3.63, 3.8) is 0 Å². The van der Waals surface area contributed by atoms with Crippen LogP contribution >= 0.6 is 23.4 Å². The number of thioether (sulfide) groups is 1. The SMILES string of the molecule is Cc1cc(Cl)ccc1NC(=O)CSC(C)C(=O)OCCC(C)C. The molecule has 0 saturated heterocycles. The van der Waals surface area contributed by atoms with Crippen molar-refractivity contribution >= 4 is 40.9 Å². The van der Waals surface area contributed by atoms with Gasteiger partial charge in [-0.15, -0.1) is 11.8 Å². The molecule has 0 bridgehead atoms. The van der Waals surface area contributed by atoms with Gasteiger partial charge in [0.05, 0.1) is 12.4 Å². The molecule has 1 rings (SSSR count). The molecule has 0 aliphatic rings. The molecule has 0 aliphatic carbocycles. The monoisotopic (exact) mass is 357 g/mol. The molecule has 128 valence electrons. The molecule has 23 heavy (non-hydrogen) atoms. The minimum atomic E-state index is -0.362. The maximum absolute atomic E-state index is 12.0. The lowest BCUT2D eigenvalue weighted by Gasteiger charge is -2.13. The molecule has 0 heterocycles. The fourth-order valence-corrected chi connectivity index (χ4v) is 2.64. The Morgan fingerprint density at radius 3 is 2.61 bits per heavy atom. The van der Waals surface area contributed by atoms with Crippen LogP contribution in [0.15, 0.2) is 18.2 Å². The number of hydrogen-bond donors (Lipinski definition) is 1. The summed E-state index contributed by atoms with van der Waals surface area (Å²) in [5.74, 6) is 0.273. The van der Waals surface area contributed by atoms with Gasteiger partial charge in [-0.05, 0) is 49.9 Å². The Kier molecular flexibility index (Phi) is 8.48. The molecule has 1 unspecified atom stereocenters. The first-order chi connectivity index (χ1) is 10.8. The highest BCUT2D eigenvalue weighted by Crippen LogP contribution is 2.20. The number of nitrogens with one attached hydrogen (secondary N) is 1. The average Bonchev–Trinajstić information content (AvgIpc) is 2.47. The molecule has 0 aliphatic heterocycles. The summed E-state index contributed by atoms with van der Waals surface area (Å²) in [6.07, 6.45) is 0.847. The van der Waals surface area contributed by atoms with E-state index in [2.05, 4.69) is 19.2 Å². The number of anilines is 1. The third-order valence-electron chi connectivity index (χ3n) is 3.20. The molecule has 0 radical (unpaired) electrons. The predicted molar refractivity (Wildman–Crippen MR) is 97.2 cm³/mol. The van der Waals surface area contributed by atoms with E-state index in [1.165, 1.54) is 11.8 Å². The zero-order valence-electron chi connectivity index (χ0n) is 14.0. The first kappa shape index (κ1) is 19.8. The van der Waals surface area contributed by atoms with Gasteiger partial charge in [-0.2, -0.15) is 0 Å².